The molecule has 12 atom stereocenters. The predicted octanol–water partition coefficient (Wildman–Crippen LogP) is 4.61. The third-order valence-corrected chi connectivity index (χ3v) is 13.2. The summed E-state index contributed by atoms with van der Waals surface area (Å²) in [6.45, 7) is 16.8. The first-order chi connectivity index (χ1) is 19.3. The molecule has 4 fully saturated rings. The average molecular weight is 617 g/mol. The van der Waals surface area contributed by atoms with Gasteiger partial charge in [0.25, 0.3) is 10.1 Å². The van der Waals surface area contributed by atoms with Crippen molar-refractivity contribution in [3.63, 3.8) is 0 Å². The standard InChI is InChI=1S/C28H48O2.C2H7NO3S.C2H5NO2/c1-16(8-9-18(3)29)22-10-11-23-26-20(5)19(4)24-15-21(30)12-13-27(24,6)25(26)14-17(2)28(22,23)7;3-1-2-7(4,5)6;3-1-2(4)5/h16-17,19-26,30H,8-15H2,1-7H3;1-3H2,(H,4,5,6);1,3H2,(H,4,5)/t16-,17?,19?,20?,21-,22-,23+,24+,25+,26?,27+,28-;;/m1../s1. The Labute approximate surface area is 254 Å². The Morgan fingerprint density at radius 1 is 0.976 bits per heavy atom. The molecule has 246 valence electrons. The minimum Gasteiger partial charge on any atom is -0.480 e. The van der Waals surface area contributed by atoms with Crippen LogP contribution < -0.4 is 11.5 Å². The Morgan fingerprint density at radius 2 is 1.57 bits per heavy atom. The van der Waals surface area contributed by atoms with Crippen molar-refractivity contribution < 1.29 is 32.8 Å². The number of aliphatic hydroxyl groups excluding tert-OH is 1. The van der Waals surface area contributed by atoms with Gasteiger partial charge in [-0.05, 0) is 116 Å². The summed E-state index contributed by atoms with van der Waals surface area (Å²) >= 11 is 0. The van der Waals surface area contributed by atoms with Crippen molar-refractivity contribution in [2.75, 3.05) is 18.8 Å². The Hall–Kier alpha value is -1.07. The molecule has 42 heavy (non-hydrogen) atoms. The summed E-state index contributed by atoms with van der Waals surface area (Å²) in [6, 6.07) is 0. The van der Waals surface area contributed by atoms with Crippen molar-refractivity contribution in [1.82, 2.24) is 0 Å². The van der Waals surface area contributed by atoms with Crippen LogP contribution in [0.5, 0.6) is 0 Å². The number of Topliss-reactive ketones (excluding diaryl/α,β-unsaturated/α-hetero) is 1. The minimum absolute atomic E-state index is 0.0289. The highest BCUT2D eigenvalue weighted by Gasteiger charge is 2.65. The highest BCUT2D eigenvalue weighted by molar-refractivity contribution is 7.85. The third-order valence-electron chi connectivity index (χ3n) is 12.5. The molecule has 0 aromatic rings. The Bertz CT molecular complexity index is 1020. The summed E-state index contributed by atoms with van der Waals surface area (Å²) in [5, 5.41) is 18.1. The number of carboxylic acid groups (broad SMARTS) is 1. The fraction of sp³-hybridized carbons (Fsp3) is 0.938. The van der Waals surface area contributed by atoms with E-state index < -0.39 is 16.1 Å². The van der Waals surface area contributed by atoms with Crippen LogP contribution in [0, 0.1) is 64.1 Å². The summed E-state index contributed by atoms with van der Waals surface area (Å²) in [5.74, 6) is 5.94. The van der Waals surface area contributed by atoms with Gasteiger partial charge in [-0.3, -0.25) is 9.35 Å². The van der Waals surface area contributed by atoms with Crippen LogP contribution in [0.4, 0.5) is 0 Å². The summed E-state index contributed by atoms with van der Waals surface area (Å²) in [4.78, 5) is 20.9. The molecule has 4 saturated carbocycles. The van der Waals surface area contributed by atoms with Crippen LogP contribution in [0.2, 0.25) is 0 Å². The van der Waals surface area contributed by atoms with Crippen LogP contribution in [0.25, 0.3) is 0 Å². The Morgan fingerprint density at radius 3 is 2.05 bits per heavy atom. The molecular weight excluding hydrogens is 556 g/mol. The molecule has 10 heteroatoms. The lowest BCUT2D eigenvalue weighted by Crippen LogP contribution is -2.61. The van der Waals surface area contributed by atoms with Crippen molar-refractivity contribution in [1.29, 1.82) is 0 Å². The van der Waals surface area contributed by atoms with Crippen molar-refractivity contribution in [3.8, 4) is 0 Å². The molecule has 0 amide bonds. The third kappa shape index (κ3) is 8.14. The number of hydrogen-bond acceptors (Lipinski definition) is 7. The number of fused-ring (bicyclic) bond motifs is 5. The lowest BCUT2D eigenvalue weighted by Gasteiger charge is -2.66. The average Bonchev–Trinajstić information content (AvgIpc) is 3.26. The number of hydrogen-bond donors (Lipinski definition) is 5. The smallest absolute Gasteiger partial charge is 0.317 e. The molecule has 0 heterocycles. The van der Waals surface area contributed by atoms with Crippen LogP contribution in [-0.2, 0) is 19.7 Å². The number of carbonyl (C=O) groups is 2. The van der Waals surface area contributed by atoms with E-state index in [0.717, 1.165) is 67.1 Å². The second kappa shape index (κ2) is 14.8. The van der Waals surface area contributed by atoms with E-state index in [4.69, 9.17) is 15.4 Å². The number of rotatable bonds is 7. The fourth-order valence-electron chi connectivity index (χ4n) is 10.1. The number of nitrogens with two attached hydrogens (primary N) is 2. The Balaban J connectivity index is 0.000000434. The molecular formula is C32H60N2O7S. The molecule has 4 aliphatic rings. The van der Waals surface area contributed by atoms with E-state index in [2.05, 4.69) is 47.3 Å². The lowest BCUT2D eigenvalue weighted by atomic mass is 9.39. The van der Waals surface area contributed by atoms with Gasteiger partial charge < -0.3 is 26.5 Å². The maximum atomic E-state index is 11.6. The van der Waals surface area contributed by atoms with Crippen LogP contribution in [-0.4, -0.2) is 59.9 Å². The molecule has 0 aromatic carbocycles. The molecule has 0 bridgehead atoms. The summed E-state index contributed by atoms with van der Waals surface area (Å²) in [5.41, 5.74) is 10.2. The molecule has 0 aliphatic heterocycles. The zero-order valence-corrected chi connectivity index (χ0v) is 27.9. The van der Waals surface area contributed by atoms with Crippen molar-refractivity contribution >= 4 is 21.9 Å². The van der Waals surface area contributed by atoms with Gasteiger partial charge in [0.1, 0.15) is 5.78 Å². The maximum absolute atomic E-state index is 11.6. The van der Waals surface area contributed by atoms with Crippen LogP contribution in [0.3, 0.4) is 0 Å². The summed E-state index contributed by atoms with van der Waals surface area (Å²) < 4.78 is 27.3. The Kier molecular flexibility index (Phi) is 13.1. The number of aliphatic hydroxyl groups is 1. The topological polar surface area (TPSA) is 181 Å². The molecule has 4 aliphatic carbocycles. The van der Waals surface area contributed by atoms with Crippen LogP contribution in [0.1, 0.15) is 99.8 Å². The summed E-state index contributed by atoms with van der Waals surface area (Å²) in [6.07, 6.45) is 9.19. The highest BCUT2D eigenvalue weighted by Crippen LogP contribution is 2.71. The molecule has 0 aromatic heterocycles. The van der Waals surface area contributed by atoms with Gasteiger partial charge in [0.15, 0.2) is 0 Å². The predicted molar refractivity (Wildman–Crippen MR) is 166 cm³/mol. The van der Waals surface area contributed by atoms with Crippen molar-refractivity contribution in [3.05, 3.63) is 0 Å². The molecule has 0 spiro atoms. The molecule has 7 N–H and O–H groups in total. The second-order valence-corrected chi connectivity index (χ2v) is 16.2. The highest BCUT2D eigenvalue weighted by atomic mass is 32.2. The van der Waals surface area contributed by atoms with Gasteiger partial charge in [-0.25, -0.2) is 0 Å². The normalized spacial score (nSPS) is 41.5. The second-order valence-electron chi connectivity index (χ2n) is 14.6. The molecule has 4 unspecified atom stereocenters. The van der Waals surface area contributed by atoms with E-state index in [1.54, 1.807) is 6.92 Å². The van der Waals surface area contributed by atoms with Crippen LogP contribution in [0.15, 0.2) is 0 Å². The van der Waals surface area contributed by atoms with Crippen molar-refractivity contribution in [2.45, 2.75) is 106 Å². The SMILES string of the molecule is CC(=O)CC[C@@H](C)[C@H]1CC[C@H]2C3C(C)C(C)[C@@H]4C[C@H](O)CC[C@]4(C)[C@H]3CC(C)[C@]12C.NCC(=O)O.NCCS(=O)(=O)O. The molecule has 0 radical (unpaired) electrons. The van der Waals surface area contributed by atoms with E-state index >= 15 is 0 Å². The largest absolute Gasteiger partial charge is 0.480 e. The van der Waals surface area contributed by atoms with Crippen molar-refractivity contribution in [2.24, 2.45) is 75.6 Å². The lowest BCUT2D eigenvalue weighted by molar-refractivity contribution is -0.188. The molecule has 4 rings (SSSR count). The van der Waals surface area contributed by atoms with Gasteiger partial charge in [0.2, 0.25) is 0 Å². The molecule has 9 nitrogen and oxygen atoms in total. The van der Waals surface area contributed by atoms with E-state index in [0.29, 0.717) is 28.4 Å². The van der Waals surface area contributed by atoms with Gasteiger partial charge in [0, 0.05) is 13.0 Å². The first-order valence-electron chi connectivity index (χ1n) is 16.1. The summed E-state index contributed by atoms with van der Waals surface area (Å²) in [7, 11) is -3.80. The number of aliphatic carboxylic acids is 1. The van der Waals surface area contributed by atoms with Gasteiger partial charge in [-0.15, -0.1) is 0 Å². The van der Waals surface area contributed by atoms with Gasteiger partial charge in [-0.2, -0.15) is 8.42 Å². The monoisotopic (exact) mass is 616 g/mol. The van der Waals surface area contributed by atoms with Crippen LogP contribution >= 0.6 is 0 Å². The van der Waals surface area contributed by atoms with Gasteiger partial charge >= 0.3 is 5.97 Å². The number of carbonyl (C=O) groups excluding carboxylic acids is 1. The first-order valence-corrected chi connectivity index (χ1v) is 17.7. The zero-order chi connectivity index (χ0) is 32.2. The van der Waals surface area contributed by atoms with E-state index in [9.17, 15) is 23.1 Å². The molecule has 0 saturated heterocycles. The maximum Gasteiger partial charge on any atom is 0.317 e. The van der Waals surface area contributed by atoms with Gasteiger partial charge in [0.05, 0.1) is 18.4 Å². The number of carboxylic acids is 1. The van der Waals surface area contributed by atoms with E-state index in [1.807, 2.05) is 0 Å². The van der Waals surface area contributed by atoms with E-state index in [-0.39, 0.29) is 24.9 Å². The number of ketones is 1. The fourth-order valence-corrected chi connectivity index (χ4v) is 10.4. The zero-order valence-electron chi connectivity index (χ0n) is 27.1. The quantitative estimate of drug-likeness (QED) is 0.255. The minimum atomic E-state index is -3.80. The first kappa shape index (κ1) is 37.1. The van der Waals surface area contributed by atoms with Gasteiger partial charge in [-0.1, -0.05) is 41.5 Å². The van der Waals surface area contributed by atoms with E-state index in [1.165, 1.54) is 25.7 Å².